The molecule has 0 unspecified atom stereocenters. The fourth-order valence-electron chi connectivity index (χ4n) is 0.853. The van der Waals surface area contributed by atoms with Crippen LogP contribution in [0.4, 0.5) is 0 Å². The molecule has 0 spiro atoms. The Bertz CT molecular complexity index is 382. The zero-order valence-electron chi connectivity index (χ0n) is 7.25. The molecule has 0 N–H and O–H groups in total. The first-order chi connectivity index (χ1) is 6.36. The van der Waals surface area contributed by atoms with E-state index in [1.165, 1.54) is 0 Å². The molecule has 0 aliphatic rings. The number of hydrogen-bond donors (Lipinski definition) is 0. The van der Waals surface area contributed by atoms with Crippen molar-refractivity contribution in [2.75, 3.05) is 0 Å². The first-order valence-electron chi connectivity index (χ1n) is 3.97. The highest BCUT2D eigenvalue weighted by Crippen LogP contribution is 2.01. The van der Waals surface area contributed by atoms with E-state index in [0.29, 0.717) is 12.0 Å². The molecule has 0 aliphatic carbocycles. The molecule has 0 amide bonds. The van der Waals surface area contributed by atoms with Crippen LogP contribution in [0.5, 0.6) is 0 Å². The van der Waals surface area contributed by atoms with Gasteiger partial charge in [0.05, 0.1) is 11.6 Å². The summed E-state index contributed by atoms with van der Waals surface area (Å²) in [6.07, 6.45) is 2.46. The van der Waals surface area contributed by atoms with E-state index in [0.717, 1.165) is 5.56 Å². The normalized spacial score (nSPS) is 7.92. The molecule has 0 radical (unpaired) electrons. The lowest BCUT2D eigenvalue weighted by Gasteiger charge is -1.88. The lowest BCUT2D eigenvalue weighted by atomic mass is 10.1. The first kappa shape index (κ1) is 9.10. The fourth-order valence-corrected chi connectivity index (χ4v) is 0.853. The molecule has 62 valence electrons. The second-order valence-electron chi connectivity index (χ2n) is 2.48. The maximum atomic E-state index is 8.54. The Morgan fingerprint density at radius 1 is 1.23 bits per heavy atom. The molecular formula is C12H9N. The Balaban J connectivity index is 2.78. The van der Waals surface area contributed by atoms with Gasteiger partial charge in [0, 0.05) is 12.0 Å². The summed E-state index contributed by atoms with van der Waals surface area (Å²) in [4.78, 5) is 0. The van der Waals surface area contributed by atoms with Gasteiger partial charge in [0.2, 0.25) is 0 Å². The van der Waals surface area contributed by atoms with Gasteiger partial charge >= 0.3 is 0 Å². The molecular weight excluding hydrogens is 158 g/mol. The summed E-state index contributed by atoms with van der Waals surface area (Å²) in [7, 11) is 0. The van der Waals surface area contributed by atoms with Crippen LogP contribution in [0.25, 0.3) is 0 Å². The van der Waals surface area contributed by atoms with E-state index < -0.39 is 0 Å². The minimum absolute atomic E-state index is 0.661. The van der Waals surface area contributed by atoms with Crippen molar-refractivity contribution >= 4 is 0 Å². The Hall–Kier alpha value is -1.99. The van der Waals surface area contributed by atoms with Crippen LogP contribution in [0.15, 0.2) is 36.9 Å². The van der Waals surface area contributed by atoms with Gasteiger partial charge in [-0.15, -0.1) is 6.58 Å². The fraction of sp³-hybridized carbons (Fsp3) is 0.0833. The summed E-state index contributed by atoms with van der Waals surface area (Å²) in [6, 6.07) is 9.26. The average molecular weight is 167 g/mol. The van der Waals surface area contributed by atoms with Crippen LogP contribution in [0.3, 0.4) is 0 Å². The van der Waals surface area contributed by atoms with Gasteiger partial charge in [0.25, 0.3) is 0 Å². The molecule has 0 aromatic heterocycles. The maximum Gasteiger partial charge on any atom is 0.0991 e. The molecule has 0 saturated carbocycles. The molecule has 1 nitrogen and oxygen atoms in total. The second-order valence-corrected chi connectivity index (χ2v) is 2.48. The number of rotatable bonds is 1. The van der Waals surface area contributed by atoms with Gasteiger partial charge in [-0.1, -0.05) is 17.9 Å². The van der Waals surface area contributed by atoms with Gasteiger partial charge in [-0.2, -0.15) is 5.26 Å². The largest absolute Gasteiger partial charge is 0.192 e. The van der Waals surface area contributed by atoms with Crippen molar-refractivity contribution < 1.29 is 0 Å². The summed E-state index contributed by atoms with van der Waals surface area (Å²) in [5, 5.41) is 8.54. The number of hydrogen-bond acceptors (Lipinski definition) is 1. The van der Waals surface area contributed by atoms with E-state index in [1.807, 2.05) is 12.1 Å². The molecule has 1 aromatic rings. The third-order valence-corrected chi connectivity index (χ3v) is 1.49. The number of nitrogens with zero attached hydrogens (tertiary/aromatic N) is 1. The van der Waals surface area contributed by atoms with Crippen LogP contribution in [0.1, 0.15) is 17.5 Å². The van der Waals surface area contributed by atoms with Gasteiger partial charge in [-0.05, 0) is 24.3 Å². The summed E-state index contributed by atoms with van der Waals surface area (Å²) in [6.45, 7) is 3.57. The average Bonchev–Trinajstić information content (AvgIpc) is 2.19. The third-order valence-electron chi connectivity index (χ3n) is 1.49. The Morgan fingerprint density at radius 2 is 1.85 bits per heavy atom. The Labute approximate surface area is 78.3 Å². The van der Waals surface area contributed by atoms with E-state index in [4.69, 9.17) is 5.26 Å². The van der Waals surface area contributed by atoms with E-state index >= 15 is 0 Å². The second kappa shape index (κ2) is 4.80. The lowest BCUT2D eigenvalue weighted by molar-refractivity contribution is 1.47. The SMILES string of the molecule is C=CCC#Cc1ccc(C#N)cc1. The summed E-state index contributed by atoms with van der Waals surface area (Å²) in [5.41, 5.74) is 1.59. The predicted molar refractivity (Wildman–Crippen MR) is 52.8 cm³/mol. The Morgan fingerprint density at radius 3 is 2.38 bits per heavy atom. The number of allylic oxidation sites excluding steroid dienone is 1. The highest BCUT2D eigenvalue weighted by Gasteiger charge is 1.88. The molecule has 1 rings (SSSR count). The summed E-state index contributed by atoms with van der Waals surface area (Å²) in [5.74, 6) is 5.90. The quantitative estimate of drug-likeness (QED) is 0.465. The molecule has 0 heterocycles. The zero-order valence-corrected chi connectivity index (χ0v) is 7.25. The summed E-state index contributed by atoms with van der Waals surface area (Å²) < 4.78 is 0. The Kier molecular flexibility index (Phi) is 3.36. The monoisotopic (exact) mass is 167 g/mol. The van der Waals surface area contributed by atoms with E-state index in [1.54, 1.807) is 18.2 Å². The molecule has 0 aliphatic heterocycles. The van der Waals surface area contributed by atoms with E-state index in [-0.39, 0.29) is 0 Å². The molecule has 1 heteroatoms. The highest BCUT2D eigenvalue weighted by atomic mass is 14.2. The predicted octanol–water partition coefficient (Wildman–Crippen LogP) is 2.49. The van der Waals surface area contributed by atoms with Gasteiger partial charge in [-0.25, -0.2) is 0 Å². The molecule has 13 heavy (non-hydrogen) atoms. The van der Waals surface area contributed by atoms with Crippen molar-refractivity contribution in [3.8, 4) is 17.9 Å². The zero-order chi connectivity index (χ0) is 9.52. The molecule has 0 atom stereocenters. The summed E-state index contributed by atoms with van der Waals surface area (Å²) >= 11 is 0. The lowest BCUT2D eigenvalue weighted by Crippen LogP contribution is -1.75. The standard InChI is InChI=1S/C12H9N/c1-2-3-4-5-11-6-8-12(10-13)9-7-11/h2,6-9H,1,3H2. The van der Waals surface area contributed by atoms with Gasteiger partial charge in [0.15, 0.2) is 0 Å². The van der Waals surface area contributed by atoms with Crippen molar-refractivity contribution in [2.45, 2.75) is 6.42 Å². The van der Waals surface area contributed by atoms with Crippen LogP contribution < -0.4 is 0 Å². The molecule has 0 saturated heterocycles. The van der Waals surface area contributed by atoms with Crippen LogP contribution in [0, 0.1) is 23.2 Å². The highest BCUT2D eigenvalue weighted by molar-refractivity contribution is 5.39. The topological polar surface area (TPSA) is 23.8 Å². The van der Waals surface area contributed by atoms with Crippen LogP contribution >= 0.6 is 0 Å². The van der Waals surface area contributed by atoms with Crippen molar-refractivity contribution in [3.63, 3.8) is 0 Å². The maximum absolute atomic E-state index is 8.54. The molecule has 0 fully saturated rings. The van der Waals surface area contributed by atoms with E-state index in [9.17, 15) is 0 Å². The molecule has 1 aromatic carbocycles. The number of nitriles is 1. The van der Waals surface area contributed by atoms with Crippen molar-refractivity contribution in [2.24, 2.45) is 0 Å². The van der Waals surface area contributed by atoms with Crippen LogP contribution in [-0.2, 0) is 0 Å². The first-order valence-corrected chi connectivity index (χ1v) is 3.97. The minimum Gasteiger partial charge on any atom is -0.192 e. The van der Waals surface area contributed by atoms with E-state index in [2.05, 4.69) is 24.5 Å². The number of benzene rings is 1. The minimum atomic E-state index is 0.661. The van der Waals surface area contributed by atoms with Gasteiger partial charge in [0.1, 0.15) is 0 Å². The van der Waals surface area contributed by atoms with Gasteiger partial charge < -0.3 is 0 Å². The van der Waals surface area contributed by atoms with Crippen molar-refractivity contribution in [1.29, 1.82) is 5.26 Å². The van der Waals surface area contributed by atoms with Crippen molar-refractivity contribution in [3.05, 3.63) is 48.0 Å². The third kappa shape index (κ3) is 2.85. The molecule has 0 bridgehead atoms. The van der Waals surface area contributed by atoms with Gasteiger partial charge in [-0.3, -0.25) is 0 Å². The smallest absolute Gasteiger partial charge is 0.0991 e. The van der Waals surface area contributed by atoms with Crippen LogP contribution in [0.2, 0.25) is 0 Å². The van der Waals surface area contributed by atoms with Crippen LogP contribution in [-0.4, -0.2) is 0 Å². The van der Waals surface area contributed by atoms with Crippen molar-refractivity contribution in [1.82, 2.24) is 0 Å².